The minimum Gasteiger partial charge on any atom is -0.465 e. The van der Waals surface area contributed by atoms with Gasteiger partial charge in [0.05, 0.1) is 12.7 Å². The molecule has 0 bridgehead atoms. The smallest absolute Gasteiger partial charge is 0.338 e. The van der Waals surface area contributed by atoms with E-state index in [9.17, 15) is 13.6 Å². The molecule has 1 atom stereocenters. The van der Waals surface area contributed by atoms with E-state index in [1.165, 1.54) is 31.4 Å². The third kappa shape index (κ3) is 5.37. The number of methoxy groups -OCH3 is 1. The molecule has 7 heteroatoms. The first kappa shape index (κ1) is 28.9. The van der Waals surface area contributed by atoms with Crippen LogP contribution < -0.4 is 14.5 Å². The van der Waals surface area contributed by atoms with Crippen molar-refractivity contribution >= 4 is 28.7 Å². The van der Waals surface area contributed by atoms with Gasteiger partial charge in [-0.15, -0.1) is 0 Å². The van der Waals surface area contributed by atoms with Gasteiger partial charge in [0.25, 0.3) is 0 Å². The third-order valence-electron chi connectivity index (χ3n) is 8.03. The molecule has 0 N–H and O–H groups in total. The third-order valence-corrected chi connectivity index (χ3v) is 8.03. The number of hydrogen-bond acceptors (Lipinski definition) is 5. The molecule has 6 rings (SSSR count). The van der Waals surface area contributed by atoms with Crippen molar-refractivity contribution in [2.24, 2.45) is 0 Å². The molecule has 0 saturated heterocycles. The average Bonchev–Trinajstić information content (AvgIpc) is 3.04. The first-order valence-corrected chi connectivity index (χ1v) is 14.6. The monoisotopic (exact) mass is 590 g/mol. The summed E-state index contributed by atoms with van der Waals surface area (Å²) < 4.78 is 40.7. The Morgan fingerprint density at radius 3 is 1.95 bits per heavy atom. The van der Waals surface area contributed by atoms with Gasteiger partial charge in [0.15, 0.2) is 0 Å². The lowest BCUT2D eigenvalue weighted by Crippen LogP contribution is -2.22. The van der Waals surface area contributed by atoms with Crippen LogP contribution in [0.4, 0.5) is 31.5 Å². The van der Waals surface area contributed by atoms with Crippen LogP contribution in [0.1, 0.15) is 46.8 Å². The van der Waals surface area contributed by atoms with E-state index in [0.29, 0.717) is 34.1 Å². The summed E-state index contributed by atoms with van der Waals surface area (Å²) in [5.41, 5.74) is 5.69. The summed E-state index contributed by atoms with van der Waals surface area (Å²) in [5.74, 6) is -0.322. The Morgan fingerprint density at radius 2 is 1.32 bits per heavy atom. The van der Waals surface area contributed by atoms with Crippen LogP contribution in [0.5, 0.6) is 11.5 Å². The molecule has 222 valence electrons. The number of halogens is 2. The van der Waals surface area contributed by atoms with Crippen LogP contribution in [-0.2, 0) is 4.74 Å². The zero-order valence-corrected chi connectivity index (χ0v) is 24.8. The van der Waals surface area contributed by atoms with Crippen molar-refractivity contribution in [2.45, 2.75) is 19.8 Å². The summed E-state index contributed by atoms with van der Waals surface area (Å²) in [6.45, 7) is 5.91. The lowest BCUT2D eigenvalue weighted by molar-refractivity contribution is 0.0599. The largest absolute Gasteiger partial charge is 0.465 e. The summed E-state index contributed by atoms with van der Waals surface area (Å²) in [4.78, 5) is 17.0. The molecule has 5 nitrogen and oxygen atoms in total. The summed E-state index contributed by atoms with van der Waals surface area (Å²) in [5, 5.41) is 0. The Morgan fingerprint density at radius 1 is 0.682 bits per heavy atom. The van der Waals surface area contributed by atoms with Crippen molar-refractivity contribution in [3.63, 3.8) is 0 Å². The van der Waals surface area contributed by atoms with Gasteiger partial charge in [-0.2, -0.15) is 0 Å². The van der Waals surface area contributed by atoms with E-state index in [0.717, 1.165) is 35.5 Å². The van der Waals surface area contributed by atoms with Gasteiger partial charge in [-0.1, -0.05) is 36.4 Å². The van der Waals surface area contributed by atoms with Gasteiger partial charge < -0.3 is 19.3 Å². The van der Waals surface area contributed by atoms with Gasteiger partial charge in [0.1, 0.15) is 23.1 Å². The quantitative estimate of drug-likeness (QED) is 0.165. The van der Waals surface area contributed by atoms with Gasteiger partial charge in [-0.3, -0.25) is 0 Å². The zero-order chi connectivity index (χ0) is 30.8. The van der Waals surface area contributed by atoms with Crippen molar-refractivity contribution < 1.29 is 23.0 Å². The predicted octanol–water partition coefficient (Wildman–Crippen LogP) is 9.35. The van der Waals surface area contributed by atoms with Crippen LogP contribution in [0.2, 0.25) is 0 Å². The molecule has 0 amide bonds. The summed E-state index contributed by atoms with van der Waals surface area (Å²) >= 11 is 0. The molecule has 1 unspecified atom stereocenters. The molecule has 0 spiro atoms. The number of nitrogens with zero attached hydrogens (tertiary/aromatic N) is 2. The van der Waals surface area contributed by atoms with Crippen molar-refractivity contribution in [3.8, 4) is 11.5 Å². The topological polar surface area (TPSA) is 42.0 Å². The maximum atomic E-state index is 14.5. The minimum atomic E-state index is -0.438. The van der Waals surface area contributed by atoms with E-state index >= 15 is 0 Å². The highest BCUT2D eigenvalue weighted by Gasteiger charge is 2.33. The Labute approximate surface area is 255 Å². The second-order valence-electron chi connectivity index (χ2n) is 10.5. The summed E-state index contributed by atoms with van der Waals surface area (Å²) in [7, 11) is 1.37. The standard InChI is InChI=1S/C37H32F2N2O3/c1-4-40(5-2)26-16-18-32-35(23-26)44-34-19-17-29(22-33(34)36(32)30-14-6-7-15-31(30)37(42)43-3)41(27-12-8-10-24(38)20-27)28-13-9-11-25(39)21-28/h6-23,36H,4-5H2,1-3H3. The van der Waals surface area contributed by atoms with Crippen molar-refractivity contribution in [3.05, 3.63) is 143 Å². The number of hydrogen-bond donors (Lipinski definition) is 0. The SMILES string of the molecule is CCN(CC)c1ccc2c(c1)Oc1ccc(N(c3cccc(F)c3)c3cccc(F)c3)cc1C2c1ccccc1C(=O)OC. The molecule has 0 saturated carbocycles. The number of anilines is 4. The Balaban J connectivity index is 1.57. The molecule has 5 aromatic carbocycles. The molecule has 0 aromatic heterocycles. The van der Waals surface area contributed by atoms with Gasteiger partial charge in [-0.05, 0) is 86.1 Å². The number of ether oxygens (including phenoxy) is 2. The number of rotatable bonds is 8. The maximum absolute atomic E-state index is 14.5. The van der Waals surface area contributed by atoms with Crippen molar-refractivity contribution in [1.82, 2.24) is 0 Å². The first-order valence-electron chi connectivity index (χ1n) is 14.6. The summed E-state index contributed by atoms with van der Waals surface area (Å²) in [6.07, 6.45) is 0. The highest BCUT2D eigenvalue weighted by Crippen LogP contribution is 2.51. The molecular weight excluding hydrogens is 558 g/mol. The van der Waals surface area contributed by atoms with E-state index in [1.807, 2.05) is 48.5 Å². The molecule has 1 heterocycles. The fourth-order valence-electron chi connectivity index (χ4n) is 5.97. The predicted molar refractivity (Wildman–Crippen MR) is 170 cm³/mol. The normalized spacial score (nSPS) is 13.3. The van der Waals surface area contributed by atoms with Crippen LogP contribution >= 0.6 is 0 Å². The molecule has 5 aromatic rings. The van der Waals surface area contributed by atoms with Gasteiger partial charge >= 0.3 is 5.97 Å². The zero-order valence-electron chi connectivity index (χ0n) is 24.8. The van der Waals surface area contributed by atoms with Crippen LogP contribution in [-0.4, -0.2) is 26.2 Å². The van der Waals surface area contributed by atoms with Crippen LogP contribution in [0.25, 0.3) is 0 Å². The first-order chi connectivity index (χ1) is 21.4. The van der Waals surface area contributed by atoms with Crippen molar-refractivity contribution in [2.75, 3.05) is 30.0 Å². The lowest BCUT2D eigenvalue weighted by atomic mass is 9.80. The molecule has 0 radical (unpaired) electrons. The lowest BCUT2D eigenvalue weighted by Gasteiger charge is -2.33. The van der Waals surface area contributed by atoms with E-state index in [1.54, 1.807) is 35.2 Å². The van der Waals surface area contributed by atoms with E-state index in [4.69, 9.17) is 9.47 Å². The summed E-state index contributed by atoms with van der Waals surface area (Å²) in [6, 6.07) is 31.6. The Kier molecular flexibility index (Phi) is 8.03. The molecule has 1 aliphatic heterocycles. The second-order valence-corrected chi connectivity index (χ2v) is 10.5. The van der Waals surface area contributed by atoms with E-state index in [-0.39, 0.29) is 0 Å². The van der Waals surface area contributed by atoms with Gasteiger partial charge in [0, 0.05) is 59.0 Å². The van der Waals surface area contributed by atoms with Crippen LogP contribution in [0.3, 0.4) is 0 Å². The molecular formula is C37H32F2N2O3. The van der Waals surface area contributed by atoms with Crippen LogP contribution in [0.15, 0.2) is 109 Å². The minimum absolute atomic E-state index is 0.392. The van der Waals surface area contributed by atoms with E-state index in [2.05, 4.69) is 24.8 Å². The highest BCUT2D eigenvalue weighted by molar-refractivity contribution is 5.92. The molecule has 0 fully saturated rings. The van der Waals surface area contributed by atoms with Gasteiger partial charge in [0.2, 0.25) is 0 Å². The maximum Gasteiger partial charge on any atom is 0.338 e. The Bertz CT molecular complexity index is 1790. The molecule has 0 aliphatic carbocycles. The number of fused-ring (bicyclic) bond motifs is 2. The number of carbonyl (C=O) groups excluding carboxylic acids is 1. The average molecular weight is 591 g/mol. The number of carbonyl (C=O) groups is 1. The van der Waals surface area contributed by atoms with Gasteiger partial charge in [-0.25, -0.2) is 13.6 Å². The highest BCUT2D eigenvalue weighted by atomic mass is 19.1. The fourth-order valence-corrected chi connectivity index (χ4v) is 5.97. The molecule has 1 aliphatic rings. The van der Waals surface area contributed by atoms with E-state index < -0.39 is 23.5 Å². The van der Waals surface area contributed by atoms with Crippen molar-refractivity contribution in [1.29, 1.82) is 0 Å². The fraction of sp³-hybridized carbons (Fsp3) is 0.162. The molecule has 44 heavy (non-hydrogen) atoms. The van der Waals surface area contributed by atoms with Crippen LogP contribution in [0, 0.1) is 11.6 Å². The number of esters is 1. The second kappa shape index (κ2) is 12.2. The number of benzene rings is 5. The Hall–Kier alpha value is -5.17.